The lowest BCUT2D eigenvalue weighted by Gasteiger charge is -2.34. The predicted molar refractivity (Wildman–Crippen MR) is 97.5 cm³/mol. The largest absolute Gasteiger partial charge is 0.357 e. The fourth-order valence-corrected chi connectivity index (χ4v) is 3.06. The molecule has 4 heteroatoms. The third kappa shape index (κ3) is 7.48. The lowest BCUT2D eigenvalue weighted by atomic mass is 10.0. The van der Waals surface area contributed by atoms with Crippen molar-refractivity contribution in [2.45, 2.75) is 66.3 Å². The Bertz CT molecular complexity index is 302. The first-order chi connectivity index (χ1) is 10.6. The molecular weight excluding hydrogens is 272 g/mol. The van der Waals surface area contributed by atoms with Gasteiger partial charge in [-0.3, -0.25) is 4.99 Å². The Morgan fingerprint density at radius 3 is 2.27 bits per heavy atom. The topological polar surface area (TPSA) is 39.7 Å². The fourth-order valence-electron chi connectivity index (χ4n) is 3.06. The molecule has 22 heavy (non-hydrogen) atoms. The van der Waals surface area contributed by atoms with Gasteiger partial charge >= 0.3 is 0 Å². The maximum Gasteiger partial charge on any atom is 0.191 e. The van der Waals surface area contributed by atoms with Crippen LogP contribution in [-0.4, -0.2) is 49.6 Å². The average Bonchev–Trinajstić information content (AvgIpc) is 2.50. The second kappa shape index (κ2) is 10.9. The molecule has 0 unspecified atom stereocenters. The molecule has 0 aromatic carbocycles. The summed E-state index contributed by atoms with van der Waals surface area (Å²) >= 11 is 0. The predicted octanol–water partition coefficient (Wildman–Crippen LogP) is 3.10. The summed E-state index contributed by atoms with van der Waals surface area (Å²) in [5, 5.41) is 7.05. The Morgan fingerprint density at radius 1 is 1.14 bits per heavy atom. The summed E-state index contributed by atoms with van der Waals surface area (Å²) in [7, 11) is 0. The van der Waals surface area contributed by atoms with Gasteiger partial charge in [0.05, 0.1) is 0 Å². The molecule has 0 aliphatic carbocycles. The van der Waals surface area contributed by atoms with Gasteiger partial charge in [0.15, 0.2) is 5.96 Å². The molecule has 0 spiro atoms. The average molecular weight is 311 g/mol. The molecule has 1 rings (SSSR count). The second-order valence-corrected chi connectivity index (χ2v) is 7.02. The smallest absolute Gasteiger partial charge is 0.191 e. The fraction of sp³-hybridized carbons (Fsp3) is 0.944. The zero-order valence-corrected chi connectivity index (χ0v) is 15.5. The Balaban J connectivity index is 2.42. The van der Waals surface area contributed by atoms with Gasteiger partial charge < -0.3 is 15.5 Å². The van der Waals surface area contributed by atoms with Gasteiger partial charge in [-0.2, -0.15) is 0 Å². The molecule has 2 N–H and O–H groups in total. The number of hydrogen-bond donors (Lipinski definition) is 2. The maximum absolute atomic E-state index is 4.80. The van der Waals surface area contributed by atoms with Crippen molar-refractivity contribution in [1.82, 2.24) is 15.5 Å². The molecule has 4 nitrogen and oxygen atoms in total. The third-order valence-corrected chi connectivity index (χ3v) is 4.56. The van der Waals surface area contributed by atoms with Crippen molar-refractivity contribution in [2.24, 2.45) is 16.8 Å². The van der Waals surface area contributed by atoms with Crippen molar-refractivity contribution in [1.29, 1.82) is 0 Å². The van der Waals surface area contributed by atoms with Crippen LogP contribution >= 0.6 is 0 Å². The summed E-state index contributed by atoms with van der Waals surface area (Å²) in [5.74, 6) is 2.49. The van der Waals surface area contributed by atoms with Crippen LogP contribution < -0.4 is 10.6 Å². The van der Waals surface area contributed by atoms with Gasteiger partial charge in [0.25, 0.3) is 0 Å². The van der Waals surface area contributed by atoms with Gasteiger partial charge in [-0.15, -0.1) is 0 Å². The summed E-state index contributed by atoms with van der Waals surface area (Å²) < 4.78 is 0. The molecule has 1 saturated heterocycles. The minimum absolute atomic E-state index is 0.572. The molecule has 1 aliphatic heterocycles. The normalized spacial score (nSPS) is 18.2. The molecule has 0 radical (unpaired) electrons. The Kier molecular flexibility index (Phi) is 9.53. The van der Waals surface area contributed by atoms with E-state index in [9.17, 15) is 0 Å². The number of guanidine groups is 1. The van der Waals surface area contributed by atoms with Crippen LogP contribution in [0.1, 0.15) is 60.3 Å². The van der Waals surface area contributed by atoms with Crippen LogP contribution in [0.5, 0.6) is 0 Å². The van der Waals surface area contributed by atoms with E-state index in [1.165, 1.54) is 45.3 Å². The summed E-state index contributed by atoms with van der Waals surface area (Å²) in [5.41, 5.74) is 0. The molecule has 0 aromatic heterocycles. The minimum atomic E-state index is 0.572. The van der Waals surface area contributed by atoms with Crippen LogP contribution in [0.2, 0.25) is 0 Å². The quantitative estimate of drug-likeness (QED) is 0.534. The van der Waals surface area contributed by atoms with Crippen molar-refractivity contribution in [3.8, 4) is 0 Å². The third-order valence-electron chi connectivity index (χ3n) is 4.56. The summed E-state index contributed by atoms with van der Waals surface area (Å²) in [6.07, 6.45) is 4.88. The molecule has 0 aromatic rings. The molecule has 0 saturated carbocycles. The van der Waals surface area contributed by atoms with Gasteiger partial charge in [0.2, 0.25) is 0 Å². The van der Waals surface area contributed by atoms with E-state index in [1.54, 1.807) is 0 Å². The molecule has 1 heterocycles. The van der Waals surface area contributed by atoms with Crippen molar-refractivity contribution in [3.05, 3.63) is 0 Å². The van der Waals surface area contributed by atoms with Crippen molar-refractivity contribution < 1.29 is 0 Å². The minimum Gasteiger partial charge on any atom is -0.357 e. The lowest BCUT2D eigenvalue weighted by Crippen LogP contribution is -2.49. The van der Waals surface area contributed by atoms with Crippen LogP contribution in [0.4, 0.5) is 0 Å². The monoisotopic (exact) mass is 310 g/mol. The Hall–Kier alpha value is -0.770. The van der Waals surface area contributed by atoms with Crippen molar-refractivity contribution >= 4 is 5.96 Å². The Morgan fingerprint density at radius 2 is 1.77 bits per heavy atom. The molecule has 0 bridgehead atoms. The molecular formula is C18H38N4. The highest BCUT2D eigenvalue weighted by Gasteiger charge is 2.20. The standard InChI is InChI=1S/C18H38N4/c1-6-16(7-2)13-20-18(19-8-3)21-17-9-11-22(12-10-17)14-15(4)5/h15-17H,6-14H2,1-5H3,(H2,19,20,21). The van der Waals surface area contributed by atoms with E-state index in [0.29, 0.717) is 12.0 Å². The van der Waals surface area contributed by atoms with Crippen molar-refractivity contribution in [3.63, 3.8) is 0 Å². The van der Waals surface area contributed by atoms with Crippen molar-refractivity contribution in [2.75, 3.05) is 32.7 Å². The highest BCUT2D eigenvalue weighted by molar-refractivity contribution is 5.80. The van der Waals surface area contributed by atoms with Crippen LogP contribution in [0, 0.1) is 11.8 Å². The van der Waals surface area contributed by atoms with Gasteiger partial charge in [-0.05, 0) is 31.6 Å². The van der Waals surface area contributed by atoms with Gasteiger partial charge in [-0.1, -0.05) is 40.5 Å². The van der Waals surface area contributed by atoms with E-state index in [1.807, 2.05) is 0 Å². The zero-order chi connectivity index (χ0) is 16.4. The van der Waals surface area contributed by atoms with E-state index >= 15 is 0 Å². The van der Waals surface area contributed by atoms with Gasteiger partial charge in [-0.25, -0.2) is 0 Å². The van der Waals surface area contributed by atoms with E-state index in [-0.39, 0.29) is 0 Å². The van der Waals surface area contributed by atoms with Gasteiger partial charge in [0.1, 0.15) is 0 Å². The summed E-state index contributed by atoms with van der Waals surface area (Å²) in [6.45, 7) is 16.8. The Labute approximate surface area is 138 Å². The lowest BCUT2D eigenvalue weighted by molar-refractivity contribution is 0.187. The van der Waals surface area contributed by atoms with E-state index in [2.05, 4.69) is 50.2 Å². The maximum atomic E-state index is 4.80. The number of rotatable bonds is 8. The van der Waals surface area contributed by atoms with Crippen LogP contribution in [0.15, 0.2) is 4.99 Å². The van der Waals surface area contributed by atoms with E-state index < -0.39 is 0 Å². The van der Waals surface area contributed by atoms with E-state index in [0.717, 1.165) is 25.0 Å². The van der Waals surface area contributed by atoms with Crippen LogP contribution in [0.25, 0.3) is 0 Å². The number of nitrogens with one attached hydrogen (secondary N) is 2. The number of nitrogens with zero attached hydrogens (tertiary/aromatic N) is 2. The number of likely N-dealkylation sites (tertiary alicyclic amines) is 1. The number of hydrogen-bond acceptors (Lipinski definition) is 2. The first-order valence-corrected chi connectivity index (χ1v) is 9.36. The summed E-state index contributed by atoms with van der Waals surface area (Å²) in [6, 6.07) is 0.572. The summed E-state index contributed by atoms with van der Waals surface area (Å²) in [4.78, 5) is 7.39. The molecule has 130 valence electrons. The first-order valence-electron chi connectivity index (χ1n) is 9.36. The molecule has 0 atom stereocenters. The first kappa shape index (κ1) is 19.3. The molecule has 1 aliphatic rings. The second-order valence-electron chi connectivity index (χ2n) is 7.02. The van der Waals surface area contributed by atoms with Crippen LogP contribution in [0.3, 0.4) is 0 Å². The zero-order valence-electron chi connectivity index (χ0n) is 15.5. The highest BCUT2D eigenvalue weighted by atomic mass is 15.2. The van der Waals surface area contributed by atoms with Gasteiger partial charge in [0, 0.05) is 38.8 Å². The number of aliphatic imine (C=N–C) groups is 1. The molecule has 0 amide bonds. The SMILES string of the molecule is CCNC(=NCC(CC)CC)NC1CCN(CC(C)C)CC1. The number of piperidine rings is 1. The highest BCUT2D eigenvalue weighted by Crippen LogP contribution is 2.12. The molecule has 1 fully saturated rings. The van der Waals surface area contributed by atoms with E-state index in [4.69, 9.17) is 4.99 Å². The van der Waals surface area contributed by atoms with Crippen LogP contribution in [-0.2, 0) is 0 Å².